The first-order valence-corrected chi connectivity index (χ1v) is 22.6. The lowest BCUT2D eigenvalue weighted by molar-refractivity contribution is 0.673. The van der Waals surface area contributed by atoms with Gasteiger partial charge in [-0.15, -0.1) is 0 Å². The van der Waals surface area contributed by atoms with Crippen molar-refractivity contribution in [3.05, 3.63) is 237 Å². The standard InChI is InChI=1S/C62H39N3O/c1-6-16-56-50(11-1)51-12-2-7-17-57(51)64(56)46-30-25-41(26-31-46)40-23-28-44(29-24-40)63(45-32-34-47(35-33-45)65-58-18-8-3-13-52(58)53-14-4-9-19-59(53)65)48-36-38-49-43(39-48)22-21-42-27-37-55-54-15-5-10-20-60(54)66-62(55)61(42)49/h1-39H. The van der Waals surface area contributed by atoms with E-state index in [0.717, 1.165) is 72.1 Å². The molecular weight excluding hydrogens is 803 g/mol. The molecule has 66 heavy (non-hydrogen) atoms. The molecule has 0 atom stereocenters. The highest BCUT2D eigenvalue weighted by Crippen LogP contribution is 2.42. The molecular formula is C62H39N3O. The Morgan fingerprint density at radius 1 is 0.303 bits per heavy atom. The Hall–Kier alpha value is -8.86. The summed E-state index contributed by atoms with van der Waals surface area (Å²) in [6.07, 6.45) is 0. The topological polar surface area (TPSA) is 26.2 Å². The minimum atomic E-state index is 0.909. The Morgan fingerprint density at radius 2 is 0.712 bits per heavy atom. The molecule has 3 aromatic heterocycles. The predicted molar refractivity (Wildman–Crippen MR) is 278 cm³/mol. The van der Waals surface area contributed by atoms with E-state index in [-0.39, 0.29) is 0 Å². The lowest BCUT2D eigenvalue weighted by Gasteiger charge is -2.26. The first-order valence-electron chi connectivity index (χ1n) is 22.6. The Labute approximate surface area is 380 Å². The number of anilines is 3. The zero-order chi connectivity index (χ0) is 43.3. The van der Waals surface area contributed by atoms with Gasteiger partial charge in [0.1, 0.15) is 11.2 Å². The van der Waals surface area contributed by atoms with Gasteiger partial charge in [0.25, 0.3) is 0 Å². The predicted octanol–water partition coefficient (Wildman–Crippen LogP) is 17.2. The molecule has 308 valence electrons. The van der Waals surface area contributed by atoms with Crippen molar-refractivity contribution in [2.75, 3.05) is 4.90 Å². The molecule has 3 heterocycles. The van der Waals surface area contributed by atoms with Gasteiger partial charge in [-0.05, 0) is 124 Å². The minimum Gasteiger partial charge on any atom is -0.455 e. The molecule has 0 aliphatic carbocycles. The van der Waals surface area contributed by atoms with E-state index in [2.05, 4.69) is 245 Å². The van der Waals surface area contributed by atoms with Crippen LogP contribution in [0.4, 0.5) is 17.1 Å². The molecule has 0 saturated heterocycles. The first kappa shape index (κ1) is 36.6. The van der Waals surface area contributed by atoms with Crippen LogP contribution in [0.1, 0.15) is 0 Å². The highest BCUT2D eigenvalue weighted by molar-refractivity contribution is 6.23. The number of benzene rings is 11. The normalized spacial score (nSPS) is 11.9. The van der Waals surface area contributed by atoms with E-state index in [1.165, 1.54) is 54.6 Å². The molecule has 0 aliphatic rings. The molecule has 11 aromatic carbocycles. The van der Waals surface area contributed by atoms with Crippen molar-refractivity contribution in [1.29, 1.82) is 0 Å². The summed E-state index contributed by atoms with van der Waals surface area (Å²) in [4.78, 5) is 2.37. The van der Waals surface area contributed by atoms with Crippen molar-refractivity contribution in [2.24, 2.45) is 0 Å². The summed E-state index contributed by atoms with van der Waals surface area (Å²) >= 11 is 0. The third-order valence-electron chi connectivity index (χ3n) is 13.7. The van der Waals surface area contributed by atoms with E-state index in [4.69, 9.17) is 4.42 Å². The van der Waals surface area contributed by atoms with Crippen molar-refractivity contribution in [2.45, 2.75) is 0 Å². The summed E-state index contributed by atoms with van der Waals surface area (Å²) in [5.74, 6) is 0. The van der Waals surface area contributed by atoms with Gasteiger partial charge >= 0.3 is 0 Å². The summed E-state index contributed by atoms with van der Waals surface area (Å²) < 4.78 is 11.3. The molecule has 0 bridgehead atoms. The first-order chi connectivity index (χ1) is 32.7. The minimum absolute atomic E-state index is 0.909. The average molecular weight is 842 g/mol. The number of nitrogens with zero attached hydrogens (tertiary/aromatic N) is 3. The lowest BCUT2D eigenvalue weighted by atomic mass is 9.98. The van der Waals surface area contributed by atoms with E-state index >= 15 is 0 Å². The van der Waals surface area contributed by atoms with Crippen LogP contribution in [-0.2, 0) is 0 Å². The van der Waals surface area contributed by atoms with Crippen LogP contribution in [0, 0.1) is 0 Å². The largest absolute Gasteiger partial charge is 0.455 e. The van der Waals surface area contributed by atoms with Crippen molar-refractivity contribution >= 4 is 104 Å². The number of aromatic nitrogens is 2. The van der Waals surface area contributed by atoms with Crippen molar-refractivity contribution in [1.82, 2.24) is 9.13 Å². The van der Waals surface area contributed by atoms with Gasteiger partial charge in [-0.2, -0.15) is 0 Å². The van der Waals surface area contributed by atoms with Gasteiger partial charge in [0.15, 0.2) is 0 Å². The number of furan rings is 1. The molecule has 14 aromatic rings. The number of hydrogen-bond donors (Lipinski definition) is 0. The molecule has 0 aliphatic heterocycles. The fraction of sp³-hybridized carbons (Fsp3) is 0. The molecule has 0 saturated carbocycles. The second kappa shape index (κ2) is 14.3. The summed E-state index contributed by atoms with van der Waals surface area (Å²) in [5.41, 5.74) is 14.5. The lowest BCUT2D eigenvalue weighted by Crippen LogP contribution is -2.10. The van der Waals surface area contributed by atoms with Crippen molar-refractivity contribution in [3.63, 3.8) is 0 Å². The summed E-state index contributed by atoms with van der Waals surface area (Å²) in [6, 6.07) is 85.7. The maximum absolute atomic E-state index is 6.58. The Balaban J connectivity index is 0.881. The number of fused-ring (bicyclic) bond motifs is 13. The SMILES string of the molecule is c1ccc2c(c1)oc1c2ccc2ccc3cc(N(c4ccc(-c5ccc(-n6c7ccccc7c7ccccc76)cc5)cc4)c4ccc(-n5c6ccccc6c6ccccc65)cc4)ccc3c21. The highest BCUT2D eigenvalue weighted by Gasteiger charge is 2.19. The van der Waals surface area contributed by atoms with Gasteiger partial charge in [0.05, 0.1) is 22.1 Å². The molecule has 4 nitrogen and oxygen atoms in total. The molecule has 4 heteroatoms. The van der Waals surface area contributed by atoms with Crippen LogP contribution < -0.4 is 4.90 Å². The maximum atomic E-state index is 6.58. The highest BCUT2D eigenvalue weighted by atomic mass is 16.3. The van der Waals surface area contributed by atoms with Gasteiger partial charge in [0, 0.05) is 66.1 Å². The molecule has 0 amide bonds. The fourth-order valence-corrected chi connectivity index (χ4v) is 10.7. The molecule has 0 fully saturated rings. The number of hydrogen-bond acceptors (Lipinski definition) is 2. The van der Waals surface area contributed by atoms with E-state index in [1.54, 1.807) is 0 Å². The van der Waals surface area contributed by atoms with Crippen LogP contribution >= 0.6 is 0 Å². The second-order valence-electron chi connectivity index (χ2n) is 17.3. The van der Waals surface area contributed by atoms with Gasteiger partial charge in [-0.25, -0.2) is 0 Å². The molecule has 14 rings (SSSR count). The molecule has 0 unspecified atom stereocenters. The quantitative estimate of drug-likeness (QED) is 0.156. The third kappa shape index (κ3) is 5.52. The van der Waals surface area contributed by atoms with Gasteiger partial charge < -0.3 is 18.5 Å². The van der Waals surface area contributed by atoms with Gasteiger partial charge in [-0.1, -0.05) is 140 Å². The Bertz CT molecular complexity index is 4100. The van der Waals surface area contributed by atoms with Crippen LogP contribution in [0.25, 0.3) is 110 Å². The monoisotopic (exact) mass is 841 g/mol. The van der Waals surface area contributed by atoms with Gasteiger partial charge in [-0.3, -0.25) is 0 Å². The molecule has 0 radical (unpaired) electrons. The van der Waals surface area contributed by atoms with E-state index in [9.17, 15) is 0 Å². The van der Waals surface area contributed by atoms with Crippen LogP contribution in [0.5, 0.6) is 0 Å². The van der Waals surface area contributed by atoms with Crippen LogP contribution in [0.3, 0.4) is 0 Å². The second-order valence-corrected chi connectivity index (χ2v) is 17.3. The van der Waals surface area contributed by atoms with Crippen LogP contribution in [0.15, 0.2) is 241 Å². The Kier molecular flexibility index (Phi) is 7.95. The smallest absolute Gasteiger partial charge is 0.143 e. The number of rotatable bonds is 6. The maximum Gasteiger partial charge on any atom is 0.143 e. The zero-order valence-electron chi connectivity index (χ0n) is 35.8. The fourth-order valence-electron chi connectivity index (χ4n) is 10.7. The Morgan fingerprint density at radius 3 is 1.27 bits per heavy atom. The zero-order valence-corrected chi connectivity index (χ0v) is 35.8. The summed E-state index contributed by atoms with van der Waals surface area (Å²) in [6.45, 7) is 0. The van der Waals surface area contributed by atoms with Crippen molar-refractivity contribution < 1.29 is 4.42 Å². The van der Waals surface area contributed by atoms with Crippen LogP contribution in [-0.4, -0.2) is 9.13 Å². The van der Waals surface area contributed by atoms with Crippen LogP contribution in [0.2, 0.25) is 0 Å². The van der Waals surface area contributed by atoms with E-state index in [1.807, 2.05) is 6.07 Å². The van der Waals surface area contributed by atoms with E-state index < -0.39 is 0 Å². The average Bonchev–Trinajstić information content (AvgIpc) is 4.05. The van der Waals surface area contributed by atoms with Crippen molar-refractivity contribution in [3.8, 4) is 22.5 Å². The number of para-hydroxylation sites is 5. The van der Waals surface area contributed by atoms with E-state index in [0.29, 0.717) is 0 Å². The summed E-state index contributed by atoms with van der Waals surface area (Å²) in [5, 5.41) is 11.9. The summed E-state index contributed by atoms with van der Waals surface area (Å²) in [7, 11) is 0. The molecule has 0 spiro atoms. The molecule has 0 N–H and O–H groups in total. The third-order valence-corrected chi connectivity index (χ3v) is 13.7. The van der Waals surface area contributed by atoms with Gasteiger partial charge in [0.2, 0.25) is 0 Å².